The molecule has 0 spiro atoms. The molecule has 1 aromatic heterocycles. The van der Waals surface area contributed by atoms with Crippen molar-refractivity contribution in [3.63, 3.8) is 0 Å². The van der Waals surface area contributed by atoms with Crippen LogP contribution < -0.4 is 5.32 Å². The molecule has 0 saturated heterocycles. The van der Waals surface area contributed by atoms with Gasteiger partial charge in [-0.2, -0.15) is 0 Å². The number of carbonyl (C=O) groups is 1. The average molecular weight is 184 g/mol. The molecule has 0 bridgehead atoms. The van der Waals surface area contributed by atoms with Crippen LogP contribution in [0.1, 0.15) is 17.5 Å². The number of carbonyl (C=O) groups excluding carboxylic acids is 1. The van der Waals surface area contributed by atoms with Crippen molar-refractivity contribution in [2.45, 2.75) is 13.0 Å². The maximum Gasteiger partial charge on any atom is 0.291 e. The van der Waals surface area contributed by atoms with E-state index in [9.17, 15) is 4.79 Å². The van der Waals surface area contributed by atoms with Gasteiger partial charge >= 0.3 is 0 Å². The summed E-state index contributed by atoms with van der Waals surface area (Å²) < 4.78 is 1.44. The van der Waals surface area contributed by atoms with Crippen molar-refractivity contribution in [1.29, 1.82) is 0 Å². The molecular formula is C7H12N4O2. The first-order chi connectivity index (χ1) is 6.09. The SMILES string of the molecule is CC(O)CNC(=O)c1ncn(C)n1. The third-order valence-corrected chi connectivity index (χ3v) is 1.36. The fourth-order valence-corrected chi connectivity index (χ4v) is 0.763. The number of hydrogen-bond donors (Lipinski definition) is 2. The van der Waals surface area contributed by atoms with Gasteiger partial charge in [0.1, 0.15) is 6.33 Å². The van der Waals surface area contributed by atoms with Gasteiger partial charge in [0.05, 0.1) is 6.10 Å². The Morgan fingerprint density at radius 3 is 3.00 bits per heavy atom. The number of hydrogen-bond acceptors (Lipinski definition) is 4. The van der Waals surface area contributed by atoms with Crippen LogP contribution in [0.2, 0.25) is 0 Å². The third-order valence-electron chi connectivity index (χ3n) is 1.36. The summed E-state index contributed by atoms with van der Waals surface area (Å²) in [6, 6.07) is 0. The highest BCUT2D eigenvalue weighted by Gasteiger charge is 2.10. The predicted molar refractivity (Wildman–Crippen MR) is 45.0 cm³/mol. The molecule has 0 aliphatic rings. The normalized spacial score (nSPS) is 12.5. The fourth-order valence-electron chi connectivity index (χ4n) is 0.763. The first-order valence-electron chi connectivity index (χ1n) is 3.91. The molecule has 1 atom stereocenters. The molecule has 0 fully saturated rings. The monoisotopic (exact) mass is 184 g/mol. The van der Waals surface area contributed by atoms with E-state index in [0.717, 1.165) is 0 Å². The minimum absolute atomic E-state index is 0.114. The third kappa shape index (κ3) is 2.83. The van der Waals surface area contributed by atoms with Gasteiger partial charge in [-0.15, -0.1) is 5.10 Å². The second kappa shape index (κ2) is 3.99. The van der Waals surface area contributed by atoms with Crippen molar-refractivity contribution in [3.05, 3.63) is 12.2 Å². The number of rotatable bonds is 3. The van der Waals surface area contributed by atoms with Crippen LogP contribution in [-0.4, -0.2) is 38.4 Å². The molecule has 1 unspecified atom stereocenters. The number of aliphatic hydroxyl groups excluding tert-OH is 1. The van der Waals surface area contributed by atoms with Gasteiger partial charge in [0, 0.05) is 13.6 Å². The molecule has 0 aliphatic carbocycles. The molecule has 0 aromatic carbocycles. The van der Waals surface area contributed by atoms with E-state index in [0.29, 0.717) is 0 Å². The van der Waals surface area contributed by atoms with Crippen LogP contribution in [0.25, 0.3) is 0 Å². The summed E-state index contributed by atoms with van der Waals surface area (Å²) in [5.74, 6) is -0.260. The fraction of sp³-hybridized carbons (Fsp3) is 0.571. The summed E-state index contributed by atoms with van der Waals surface area (Å²) in [4.78, 5) is 15.0. The van der Waals surface area contributed by atoms with E-state index < -0.39 is 6.10 Å². The molecule has 0 saturated carbocycles. The second-order valence-corrected chi connectivity index (χ2v) is 2.80. The number of nitrogens with one attached hydrogen (secondary N) is 1. The van der Waals surface area contributed by atoms with Crippen LogP contribution in [0.15, 0.2) is 6.33 Å². The Morgan fingerprint density at radius 1 is 1.85 bits per heavy atom. The Bertz CT molecular complexity index is 294. The zero-order valence-corrected chi connectivity index (χ0v) is 7.56. The van der Waals surface area contributed by atoms with Crippen LogP contribution in [0.3, 0.4) is 0 Å². The summed E-state index contributed by atoms with van der Waals surface area (Å²) in [5.41, 5.74) is 0. The summed E-state index contributed by atoms with van der Waals surface area (Å²) in [7, 11) is 1.68. The zero-order chi connectivity index (χ0) is 9.84. The van der Waals surface area contributed by atoms with Crippen LogP contribution in [0.5, 0.6) is 0 Å². The zero-order valence-electron chi connectivity index (χ0n) is 7.56. The summed E-state index contributed by atoms with van der Waals surface area (Å²) in [6.07, 6.45) is 0.879. The molecule has 1 amide bonds. The van der Waals surface area contributed by atoms with E-state index in [1.807, 2.05) is 0 Å². The van der Waals surface area contributed by atoms with Crippen molar-refractivity contribution in [2.24, 2.45) is 7.05 Å². The second-order valence-electron chi connectivity index (χ2n) is 2.80. The van der Waals surface area contributed by atoms with Crippen molar-refractivity contribution in [2.75, 3.05) is 6.54 Å². The van der Waals surface area contributed by atoms with Gasteiger partial charge in [-0.3, -0.25) is 9.48 Å². The Kier molecular flexibility index (Phi) is 2.97. The van der Waals surface area contributed by atoms with E-state index in [1.54, 1.807) is 14.0 Å². The highest BCUT2D eigenvalue weighted by Crippen LogP contribution is 1.87. The maximum absolute atomic E-state index is 11.2. The van der Waals surface area contributed by atoms with Crippen LogP contribution in [0.4, 0.5) is 0 Å². The molecule has 13 heavy (non-hydrogen) atoms. The highest BCUT2D eigenvalue weighted by molar-refractivity contribution is 5.90. The Labute approximate surface area is 75.6 Å². The van der Waals surface area contributed by atoms with Crippen LogP contribution in [-0.2, 0) is 7.05 Å². The van der Waals surface area contributed by atoms with Crippen LogP contribution >= 0.6 is 0 Å². The van der Waals surface area contributed by atoms with E-state index in [4.69, 9.17) is 5.11 Å². The first kappa shape index (κ1) is 9.66. The number of aliphatic hydroxyl groups is 1. The Morgan fingerprint density at radius 2 is 2.54 bits per heavy atom. The Hall–Kier alpha value is -1.43. The minimum atomic E-state index is -0.562. The van der Waals surface area contributed by atoms with E-state index in [2.05, 4.69) is 15.4 Å². The standard InChI is InChI=1S/C7H12N4O2/c1-5(12)3-8-7(13)6-9-4-11(2)10-6/h4-5,12H,3H2,1-2H3,(H,8,13). The molecular weight excluding hydrogens is 172 g/mol. The predicted octanol–water partition coefficient (Wildman–Crippen LogP) is -1.07. The lowest BCUT2D eigenvalue weighted by atomic mass is 10.4. The molecule has 1 heterocycles. The summed E-state index contributed by atoms with van der Waals surface area (Å²) in [5, 5.41) is 15.2. The van der Waals surface area contributed by atoms with Gasteiger partial charge in [0.2, 0.25) is 5.82 Å². The molecule has 1 rings (SSSR count). The van der Waals surface area contributed by atoms with Gasteiger partial charge in [-0.1, -0.05) is 0 Å². The molecule has 1 aromatic rings. The van der Waals surface area contributed by atoms with Crippen molar-refractivity contribution in [1.82, 2.24) is 20.1 Å². The van der Waals surface area contributed by atoms with Gasteiger partial charge in [-0.25, -0.2) is 4.98 Å². The molecule has 6 heteroatoms. The number of aromatic nitrogens is 3. The van der Waals surface area contributed by atoms with Gasteiger partial charge in [0.25, 0.3) is 5.91 Å². The van der Waals surface area contributed by atoms with Gasteiger partial charge in [0.15, 0.2) is 0 Å². The van der Waals surface area contributed by atoms with E-state index in [-0.39, 0.29) is 18.3 Å². The lowest BCUT2D eigenvalue weighted by molar-refractivity contribution is 0.0913. The van der Waals surface area contributed by atoms with Crippen molar-refractivity contribution >= 4 is 5.91 Å². The van der Waals surface area contributed by atoms with Crippen molar-refractivity contribution in [3.8, 4) is 0 Å². The quantitative estimate of drug-likeness (QED) is 0.626. The molecule has 0 aliphatic heterocycles. The smallest absolute Gasteiger partial charge is 0.291 e. The lowest BCUT2D eigenvalue weighted by Gasteiger charge is -2.03. The minimum Gasteiger partial charge on any atom is -0.392 e. The topological polar surface area (TPSA) is 80.0 Å². The lowest BCUT2D eigenvalue weighted by Crippen LogP contribution is -2.31. The van der Waals surface area contributed by atoms with Gasteiger partial charge < -0.3 is 10.4 Å². The molecule has 0 radical (unpaired) electrons. The maximum atomic E-state index is 11.2. The highest BCUT2D eigenvalue weighted by atomic mass is 16.3. The number of aryl methyl sites for hydroxylation is 1. The summed E-state index contributed by atoms with van der Waals surface area (Å²) >= 11 is 0. The first-order valence-corrected chi connectivity index (χ1v) is 3.91. The van der Waals surface area contributed by atoms with E-state index in [1.165, 1.54) is 11.0 Å². The molecule has 72 valence electrons. The number of nitrogens with zero attached hydrogens (tertiary/aromatic N) is 3. The Balaban J connectivity index is 2.49. The van der Waals surface area contributed by atoms with Crippen molar-refractivity contribution < 1.29 is 9.90 Å². The largest absolute Gasteiger partial charge is 0.392 e. The summed E-state index contributed by atoms with van der Waals surface area (Å²) in [6.45, 7) is 1.79. The van der Waals surface area contributed by atoms with Crippen LogP contribution in [0, 0.1) is 0 Å². The molecule has 6 nitrogen and oxygen atoms in total. The van der Waals surface area contributed by atoms with E-state index >= 15 is 0 Å². The number of amides is 1. The average Bonchev–Trinajstić information content (AvgIpc) is 2.47. The molecule has 2 N–H and O–H groups in total. The van der Waals surface area contributed by atoms with Gasteiger partial charge in [-0.05, 0) is 6.92 Å².